The number of hydrogen-bond acceptors (Lipinski definition) is 3. The van der Waals surface area contributed by atoms with E-state index >= 15 is 0 Å². The molecule has 2 aromatic rings. The van der Waals surface area contributed by atoms with Crippen molar-refractivity contribution >= 4 is 23.2 Å². The third-order valence-electron chi connectivity index (χ3n) is 3.45. The summed E-state index contributed by atoms with van der Waals surface area (Å²) in [7, 11) is 1.51. The number of methoxy groups -OCH3 is 1. The second-order valence-corrected chi connectivity index (χ2v) is 5.43. The number of ether oxygens (including phenoxy) is 1. The number of nitrogens with one attached hydrogen (secondary N) is 2. The zero-order chi connectivity index (χ0) is 17.0. The van der Waals surface area contributed by atoms with Gasteiger partial charge in [-0.25, -0.2) is 0 Å². The number of amides is 2. The van der Waals surface area contributed by atoms with Gasteiger partial charge in [-0.2, -0.15) is 0 Å². The molecule has 5 heteroatoms. The van der Waals surface area contributed by atoms with E-state index in [-0.39, 0.29) is 0 Å². The molecule has 2 rings (SSSR count). The molecule has 0 unspecified atom stereocenters. The predicted octanol–water partition coefficient (Wildman–Crippen LogP) is 3.20. The van der Waals surface area contributed by atoms with Crippen LogP contribution >= 0.6 is 0 Å². The average Bonchev–Trinajstić information content (AvgIpc) is 2.51. The number of hydrogen-bond donors (Lipinski definition) is 2. The van der Waals surface area contributed by atoms with Gasteiger partial charge in [0.15, 0.2) is 0 Å². The van der Waals surface area contributed by atoms with Crippen molar-refractivity contribution in [3.63, 3.8) is 0 Å². The van der Waals surface area contributed by atoms with Crippen LogP contribution in [0.2, 0.25) is 0 Å². The lowest BCUT2D eigenvalue weighted by molar-refractivity contribution is -0.133. The molecule has 5 nitrogen and oxygen atoms in total. The first-order chi connectivity index (χ1) is 10.9. The van der Waals surface area contributed by atoms with Gasteiger partial charge in [0.05, 0.1) is 12.8 Å². The van der Waals surface area contributed by atoms with Gasteiger partial charge >= 0.3 is 11.8 Å². The van der Waals surface area contributed by atoms with Crippen LogP contribution in [0.4, 0.5) is 11.4 Å². The van der Waals surface area contributed by atoms with Crippen LogP contribution in [-0.2, 0) is 9.59 Å². The van der Waals surface area contributed by atoms with E-state index in [0.717, 1.165) is 16.7 Å². The van der Waals surface area contributed by atoms with E-state index in [0.29, 0.717) is 17.1 Å². The SMILES string of the molecule is COc1ccc(C)cc1NC(=O)C(=O)Nc1cc(C)ccc1C. The number of benzene rings is 2. The van der Waals surface area contributed by atoms with Crippen molar-refractivity contribution in [2.45, 2.75) is 20.8 Å². The molecule has 0 fully saturated rings. The minimum absolute atomic E-state index is 0.466. The quantitative estimate of drug-likeness (QED) is 0.855. The summed E-state index contributed by atoms with van der Waals surface area (Å²) in [6.07, 6.45) is 0. The molecule has 0 saturated heterocycles. The minimum Gasteiger partial charge on any atom is -0.495 e. The summed E-state index contributed by atoms with van der Waals surface area (Å²) in [6.45, 7) is 5.69. The van der Waals surface area contributed by atoms with Gasteiger partial charge < -0.3 is 15.4 Å². The number of carbonyl (C=O) groups excluding carboxylic acids is 2. The normalized spacial score (nSPS) is 10.1. The van der Waals surface area contributed by atoms with Crippen molar-refractivity contribution < 1.29 is 14.3 Å². The van der Waals surface area contributed by atoms with Crippen molar-refractivity contribution in [3.05, 3.63) is 53.1 Å². The molecule has 2 amide bonds. The van der Waals surface area contributed by atoms with Crippen molar-refractivity contribution in [3.8, 4) is 5.75 Å². The molecular formula is C18H20N2O3. The van der Waals surface area contributed by atoms with Gasteiger partial charge in [-0.3, -0.25) is 9.59 Å². The largest absolute Gasteiger partial charge is 0.495 e. The Kier molecular flexibility index (Phi) is 5.01. The summed E-state index contributed by atoms with van der Waals surface area (Å²) >= 11 is 0. The highest BCUT2D eigenvalue weighted by Crippen LogP contribution is 2.25. The lowest BCUT2D eigenvalue weighted by Crippen LogP contribution is -2.29. The maximum atomic E-state index is 12.1. The van der Waals surface area contributed by atoms with Gasteiger partial charge in [0.1, 0.15) is 5.75 Å². The van der Waals surface area contributed by atoms with E-state index in [9.17, 15) is 9.59 Å². The fraction of sp³-hybridized carbons (Fsp3) is 0.222. The standard InChI is InChI=1S/C18H20N2O3/c1-11-5-7-13(3)14(9-11)19-17(21)18(22)20-15-10-12(2)6-8-16(15)23-4/h5-10H,1-4H3,(H,19,21)(H,20,22). The third kappa shape index (κ3) is 4.10. The maximum absolute atomic E-state index is 12.1. The Balaban J connectivity index is 2.13. The zero-order valence-corrected chi connectivity index (χ0v) is 13.7. The number of rotatable bonds is 3. The number of aryl methyl sites for hydroxylation is 3. The van der Waals surface area contributed by atoms with Crippen LogP contribution in [0.1, 0.15) is 16.7 Å². The molecule has 0 aromatic heterocycles. The third-order valence-corrected chi connectivity index (χ3v) is 3.45. The topological polar surface area (TPSA) is 67.4 Å². The summed E-state index contributed by atoms with van der Waals surface area (Å²) in [6, 6.07) is 11.0. The Hall–Kier alpha value is -2.82. The molecular weight excluding hydrogens is 292 g/mol. The van der Waals surface area contributed by atoms with Gasteiger partial charge in [0, 0.05) is 5.69 Å². The maximum Gasteiger partial charge on any atom is 0.314 e. The van der Waals surface area contributed by atoms with Crippen LogP contribution in [0.3, 0.4) is 0 Å². The molecule has 0 aliphatic rings. The van der Waals surface area contributed by atoms with Crippen molar-refractivity contribution in [1.82, 2.24) is 0 Å². The van der Waals surface area contributed by atoms with Gasteiger partial charge in [0.25, 0.3) is 0 Å². The first-order valence-corrected chi connectivity index (χ1v) is 7.25. The van der Waals surface area contributed by atoms with Gasteiger partial charge in [0.2, 0.25) is 0 Å². The molecule has 0 radical (unpaired) electrons. The highest BCUT2D eigenvalue weighted by molar-refractivity contribution is 6.43. The van der Waals surface area contributed by atoms with Crippen molar-refractivity contribution in [1.29, 1.82) is 0 Å². The molecule has 0 spiro atoms. The molecule has 2 N–H and O–H groups in total. The van der Waals surface area contributed by atoms with E-state index in [2.05, 4.69) is 10.6 Å². The Morgan fingerprint density at radius 3 is 1.96 bits per heavy atom. The highest BCUT2D eigenvalue weighted by Gasteiger charge is 2.17. The molecule has 0 saturated carbocycles. The summed E-state index contributed by atoms with van der Waals surface area (Å²) in [5.41, 5.74) is 3.95. The van der Waals surface area contributed by atoms with Crippen molar-refractivity contribution in [2.24, 2.45) is 0 Å². The van der Waals surface area contributed by atoms with E-state index in [1.165, 1.54) is 7.11 Å². The Morgan fingerprint density at radius 1 is 0.826 bits per heavy atom. The second-order valence-electron chi connectivity index (χ2n) is 5.43. The Bertz CT molecular complexity index is 754. The van der Waals surface area contributed by atoms with Crippen LogP contribution in [0, 0.1) is 20.8 Å². The van der Waals surface area contributed by atoms with Crippen LogP contribution < -0.4 is 15.4 Å². The fourth-order valence-electron chi connectivity index (χ4n) is 2.15. The first kappa shape index (κ1) is 16.5. The van der Waals surface area contributed by atoms with Gasteiger partial charge in [-0.05, 0) is 55.7 Å². The van der Waals surface area contributed by atoms with E-state index in [4.69, 9.17) is 4.74 Å². The lowest BCUT2D eigenvalue weighted by atomic mass is 10.1. The van der Waals surface area contributed by atoms with Gasteiger partial charge in [-0.15, -0.1) is 0 Å². The average molecular weight is 312 g/mol. The fourth-order valence-corrected chi connectivity index (χ4v) is 2.15. The van der Waals surface area contributed by atoms with Crippen LogP contribution in [-0.4, -0.2) is 18.9 Å². The van der Waals surface area contributed by atoms with Crippen LogP contribution in [0.25, 0.3) is 0 Å². The molecule has 0 atom stereocenters. The second kappa shape index (κ2) is 6.96. The molecule has 0 heterocycles. The summed E-state index contributed by atoms with van der Waals surface area (Å²) < 4.78 is 5.19. The molecule has 2 aromatic carbocycles. The predicted molar refractivity (Wildman–Crippen MR) is 90.9 cm³/mol. The van der Waals surface area contributed by atoms with Crippen LogP contribution in [0.5, 0.6) is 5.75 Å². The first-order valence-electron chi connectivity index (χ1n) is 7.25. The smallest absolute Gasteiger partial charge is 0.314 e. The summed E-state index contributed by atoms with van der Waals surface area (Å²) in [5, 5.41) is 5.21. The summed E-state index contributed by atoms with van der Waals surface area (Å²) in [5.74, 6) is -0.958. The van der Waals surface area contributed by atoms with E-state index in [1.807, 2.05) is 45.0 Å². The highest BCUT2D eigenvalue weighted by atomic mass is 16.5. The Morgan fingerprint density at radius 2 is 1.35 bits per heavy atom. The van der Waals surface area contributed by atoms with E-state index in [1.54, 1.807) is 12.1 Å². The minimum atomic E-state index is -0.741. The molecule has 0 bridgehead atoms. The molecule has 120 valence electrons. The van der Waals surface area contributed by atoms with Gasteiger partial charge in [-0.1, -0.05) is 18.2 Å². The number of carbonyl (C=O) groups is 2. The van der Waals surface area contributed by atoms with Crippen molar-refractivity contribution in [2.75, 3.05) is 17.7 Å². The Labute approximate surface area is 135 Å². The molecule has 0 aliphatic heterocycles. The zero-order valence-electron chi connectivity index (χ0n) is 13.7. The monoisotopic (exact) mass is 312 g/mol. The molecule has 23 heavy (non-hydrogen) atoms. The van der Waals surface area contributed by atoms with E-state index < -0.39 is 11.8 Å². The summed E-state index contributed by atoms with van der Waals surface area (Å²) in [4.78, 5) is 24.2. The number of anilines is 2. The molecule has 0 aliphatic carbocycles. The lowest BCUT2D eigenvalue weighted by Gasteiger charge is -2.12. The van der Waals surface area contributed by atoms with Crippen LogP contribution in [0.15, 0.2) is 36.4 Å².